The van der Waals surface area contributed by atoms with E-state index in [1.165, 1.54) is 0 Å². The highest BCUT2D eigenvalue weighted by molar-refractivity contribution is 5.76. The van der Waals surface area contributed by atoms with Gasteiger partial charge in [-0.3, -0.25) is 14.5 Å². The quantitative estimate of drug-likeness (QED) is 0.860. The molecule has 1 aliphatic heterocycles. The lowest BCUT2D eigenvalue weighted by atomic mass is 10.1. The van der Waals surface area contributed by atoms with Crippen molar-refractivity contribution in [2.75, 3.05) is 6.54 Å². The van der Waals surface area contributed by atoms with Crippen molar-refractivity contribution < 1.29 is 4.79 Å². The molecule has 2 aromatic heterocycles. The van der Waals surface area contributed by atoms with Crippen LogP contribution in [0.15, 0.2) is 30.6 Å². The molecule has 0 radical (unpaired) electrons. The van der Waals surface area contributed by atoms with Crippen LogP contribution in [0.4, 0.5) is 0 Å². The summed E-state index contributed by atoms with van der Waals surface area (Å²) in [5.41, 5.74) is 2.42. The van der Waals surface area contributed by atoms with Gasteiger partial charge in [0.2, 0.25) is 5.91 Å². The first kappa shape index (κ1) is 14.3. The van der Waals surface area contributed by atoms with E-state index >= 15 is 0 Å². The molecule has 6 nitrogen and oxygen atoms in total. The van der Waals surface area contributed by atoms with Gasteiger partial charge in [-0.1, -0.05) is 6.07 Å². The molecule has 0 saturated carbocycles. The average Bonchev–Trinajstić information content (AvgIpc) is 2.84. The zero-order chi connectivity index (χ0) is 15.4. The van der Waals surface area contributed by atoms with Gasteiger partial charge in [0.15, 0.2) is 5.69 Å². The van der Waals surface area contributed by atoms with Crippen molar-refractivity contribution in [3.63, 3.8) is 0 Å². The van der Waals surface area contributed by atoms with Gasteiger partial charge in [0, 0.05) is 31.9 Å². The molecule has 0 aromatic carbocycles. The number of amides is 1. The highest BCUT2D eigenvalue weighted by atomic mass is 16.2. The van der Waals surface area contributed by atoms with Crippen LogP contribution in [-0.2, 0) is 24.3 Å². The Kier molecular flexibility index (Phi) is 4.15. The molecule has 1 aliphatic rings. The molecule has 0 atom stereocenters. The number of carbonyl (C=O) groups excluding carboxylic acids is 1. The Labute approximate surface area is 129 Å². The number of fused-ring (bicyclic) bond motifs is 1. The SMILES string of the molecule is N#Cc1cc2n(n1)CCCN(C(=O)CCc1cccnc1)C2. The summed E-state index contributed by atoms with van der Waals surface area (Å²) in [6, 6.07) is 7.69. The molecule has 2 aromatic rings. The molecule has 0 bridgehead atoms. The van der Waals surface area contributed by atoms with Gasteiger partial charge >= 0.3 is 0 Å². The second kappa shape index (κ2) is 6.39. The van der Waals surface area contributed by atoms with Crippen LogP contribution < -0.4 is 0 Å². The standard InChI is InChI=1S/C16H17N5O/c17-10-14-9-15-12-20(7-2-8-21(15)19-14)16(22)5-4-13-3-1-6-18-11-13/h1,3,6,9,11H,2,4-5,7-8,12H2. The van der Waals surface area contributed by atoms with Gasteiger partial charge in [0.1, 0.15) is 6.07 Å². The highest BCUT2D eigenvalue weighted by Crippen LogP contribution is 2.15. The fourth-order valence-corrected chi connectivity index (χ4v) is 2.69. The first-order valence-electron chi connectivity index (χ1n) is 7.40. The fourth-order valence-electron chi connectivity index (χ4n) is 2.69. The summed E-state index contributed by atoms with van der Waals surface area (Å²) in [5, 5.41) is 13.2. The minimum absolute atomic E-state index is 0.136. The Morgan fingerprint density at radius 3 is 3.09 bits per heavy atom. The molecule has 0 N–H and O–H groups in total. The van der Waals surface area contributed by atoms with Crippen LogP contribution in [-0.4, -0.2) is 32.1 Å². The average molecular weight is 295 g/mol. The number of aromatic nitrogens is 3. The monoisotopic (exact) mass is 295 g/mol. The van der Waals surface area contributed by atoms with Gasteiger partial charge in [-0.15, -0.1) is 0 Å². The first-order chi connectivity index (χ1) is 10.8. The van der Waals surface area contributed by atoms with E-state index in [1.54, 1.807) is 18.5 Å². The zero-order valence-corrected chi connectivity index (χ0v) is 12.3. The van der Waals surface area contributed by atoms with Crippen LogP contribution >= 0.6 is 0 Å². The van der Waals surface area contributed by atoms with Crippen molar-refractivity contribution in [3.05, 3.63) is 47.5 Å². The van der Waals surface area contributed by atoms with Crippen molar-refractivity contribution in [2.45, 2.75) is 32.4 Å². The largest absolute Gasteiger partial charge is 0.337 e. The third-order valence-electron chi connectivity index (χ3n) is 3.83. The number of pyridine rings is 1. The van der Waals surface area contributed by atoms with Crippen LogP contribution in [0.25, 0.3) is 0 Å². The maximum atomic E-state index is 12.4. The number of hydrogen-bond donors (Lipinski definition) is 0. The van der Waals surface area contributed by atoms with Crippen molar-refractivity contribution in [1.82, 2.24) is 19.7 Å². The van der Waals surface area contributed by atoms with E-state index in [0.717, 1.165) is 30.8 Å². The fraction of sp³-hybridized carbons (Fsp3) is 0.375. The summed E-state index contributed by atoms with van der Waals surface area (Å²) < 4.78 is 1.84. The topological polar surface area (TPSA) is 74.8 Å². The highest BCUT2D eigenvalue weighted by Gasteiger charge is 2.20. The first-order valence-corrected chi connectivity index (χ1v) is 7.40. The van der Waals surface area contributed by atoms with E-state index in [0.29, 0.717) is 25.1 Å². The molecule has 6 heteroatoms. The maximum Gasteiger partial charge on any atom is 0.223 e. The van der Waals surface area contributed by atoms with Crippen molar-refractivity contribution in [1.29, 1.82) is 5.26 Å². The molecule has 22 heavy (non-hydrogen) atoms. The van der Waals surface area contributed by atoms with Crippen molar-refractivity contribution in [3.8, 4) is 6.07 Å². The van der Waals surface area contributed by atoms with Crippen LogP contribution in [0.3, 0.4) is 0 Å². The molecule has 3 rings (SSSR count). The smallest absolute Gasteiger partial charge is 0.223 e. The van der Waals surface area contributed by atoms with Gasteiger partial charge in [-0.05, 0) is 30.5 Å². The number of aryl methyl sites for hydroxylation is 2. The van der Waals surface area contributed by atoms with E-state index in [-0.39, 0.29) is 5.91 Å². The van der Waals surface area contributed by atoms with E-state index < -0.39 is 0 Å². The van der Waals surface area contributed by atoms with E-state index in [9.17, 15) is 4.79 Å². The summed E-state index contributed by atoms with van der Waals surface area (Å²) in [7, 11) is 0. The molecule has 3 heterocycles. The second-order valence-corrected chi connectivity index (χ2v) is 5.39. The van der Waals surface area contributed by atoms with Crippen LogP contribution in [0.2, 0.25) is 0 Å². The lowest BCUT2D eigenvalue weighted by Crippen LogP contribution is -2.30. The number of rotatable bonds is 3. The summed E-state index contributed by atoms with van der Waals surface area (Å²) >= 11 is 0. The van der Waals surface area contributed by atoms with Crippen LogP contribution in [0.5, 0.6) is 0 Å². The third-order valence-corrected chi connectivity index (χ3v) is 3.83. The van der Waals surface area contributed by atoms with Crippen LogP contribution in [0, 0.1) is 11.3 Å². The van der Waals surface area contributed by atoms with E-state index in [1.807, 2.05) is 21.7 Å². The molecule has 0 saturated heterocycles. The summed E-state index contributed by atoms with van der Waals surface area (Å²) in [6.07, 6.45) is 5.56. The van der Waals surface area contributed by atoms with Crippen molar-refractivity contribution in [2.24, 2.45) is 0 Å². The molecule has 0 spiro atoms. The molecule has 1 amide bonds. The lowest BCUT2D eigenvalue weighted by Gasteiger charge is -2.20. The van der Waals surface area contributed by atoms with Gasteiger partial charge in [-0.25, -0.2) is 0 Å². The summed E-state index contributed by atoms with van der Waals surface area (Å²) in [5.74, 6) is 0.136. The second-order valence-electron chi connectivity index (χ2n) is 5.39. The third kappa shape index (κ3) is 3.14. The number of hydrogen-bond acceptors (Lipinski definition) is 4. The zero-order valence-electron chi connectivity index (χ0n) is 12.3. The minimum Gasteiger partial charge on any atom is -0.337 e. The minimum atomic E-state index is 0.136. The maximum absolute atomic E-state index is 12.4. The van der Waals surface area contributed by atoms with Gasteiger partial charge in [0.25, 0.3) is 0 Å². The Bertz CT molecular complexity index is 701. The van der Waals surface area contributed by atoms with Crippen LogP contribution in [0.1, 0.15) is 29.8 Å². The van der Waals surface area contributed by atoms with Gasteiger partial charge in [-0.2, -0.15) is 10.4 Å². The predicted molar refractivity (Wildman–Crippen MR) is 79.5 cm³/mol. The number of carbonyl (C=O) groups is 1. The Hall–Kier alpha value is -2.68. The Morgan fingerprint density at radius 2 is 2.32 bits per heavy atom. The Morgan fingerprint density at radius 1 is 1.41 bits per heavy atom. The predicted octanol–water partition coefficient (Wildman–Crippen LogP) is 1.51. The summed E-state index contributed by atoms with van der Waals surface area (Å²) in [6.45, 7) is 2.01. The van der Waals surface area contributed by atoms with E-state index in [2.05, 4.69) is 16.2 Å². The molecule has 0 unspecified atom stereocenters. The Balaban J connectivity index is 1.64. The molecule has 0 aliphatic carbocycles. The van der Waals surface area contributed by atoms with Gasteiger partial charge < -0.3 is 4.90 Å². The normalized spacial score (nSPS) is 14.0. The van der Waals surface area contributed by atoms with Gasteiger partial charge in [0.05, 0.1) is 12.2 Å². The molecular weight excluding hydrogens is 278 g/mol. The number of nitrogens with zero attached hydrogens (tertiary/aromatic N) is 5. The van der Waals surface area contributed by atoms with Crippen molar-refractivity contribution >= 4 is 5.91 Å². The molecule has 0 fully saturated rings. The summed E-state index contributed by atoms with van der Waals surface area (Å²) in [4.78, 5) is 18.3. The molecular formula is C16H17N5O. The number of nitriles is 1. The molecule has 112 valence electrons. The lowest BCUT2D eigenvalue weighted by molar-refractivity contribution is -0.131. The van der Waals surface area contributed by atoms with E-state index in [4.69, 9.17) is 5.26 Å².